The lowest BCUT2D eigenvalue weighted by Crippen LogP contribution is -2.13. The highest BCUT2D eigenvalue weighted by atomic mass is 79.9. The van der Waals surface area contributed by atoms with Gasteiger partial charge in [0.25, 0.3) is 0 Å². The number of hydrogen-bond acceptors (Lipinski definition) is 2. The summed E-state index contributed by atoms with van der Waals surface area (Å²) in [7, 11) is 0. The first kappa shape index (κ1) is 13.8. The first-order valence-electron chi connectivity index (χ1n) is 7.05. The summed E-state index contributed by atoms with van der Waals surface area (Å²) in [5.41, 5.74) is 2.23. The summed E-state index contributed by atoms with van der Waals surface area (Å²) in [6, 6.07) is 10.7. The Morgan fingerprint density at radius 2 is 2.00 bits per heavy atom. The molecule has 3 unspecified atom stereocenters. The fourth-order valence-electron chi connectivity index (χ4n) is 2.89. The third-order valence-electron chi connectivity index (χ3n) is 4.03. The first-order chi connectivity index (χ1) is 9.59. The van der Waals surface area contributed by atoms with Crippen molar-refractivity contribution in [3.05, 3.63) is 52.3 Å². The molecule has 0 saturated heterocycles. The molecule has 1 aromatic heterocycles. The standard InChI is InChI=1S/C16H19BrN2O/c1-10(2)19-15(14(17)9-18-19)16(20)13-8-12(13)11-6-4-3-5-7-11/h3-7,9-10,12-13,16,20H,8H2,1-2H3. The maximum absolute atomic E-state index is 10.7. The second-order valence-corrected chi connectivity index (χ2v) is 6.63. The van der Waals surface area contributed by atoms with E-state index in [2.05, 4.69) is 59.1 Å². The number of nitrogens with zero attached hydrogens (tertiary/aromatic N) is 2. The number of benzene rings is 1. The van der Waals surface area contributed by atoms with Gasteiger partial charge in [0, 0.05) is 6.04 Å². The lowest BCUT2D eigenvalue weighted by molar-refractivity contribution is 0.138. The number of aliphatic hydroxyl groups is 1. The number of hydrogen-bond donors (Lipinski definition) is 1. The van der Waals surface area contributed by atoms with Gasteiger partial charge in [-0.3, -0.25) is 4.68 Å². The van der Waals surface area contributed by atoms with Gasteiger partial charge in [-0.15, -0.1) is 0 Å². The first-order valence-corrected chi connectivity index (χ1v) is 7.84. The Labute approximate surface area is 127 Å². The Kier molecular flexibility index (Phi) is 3.69. The van der Waals surface area contributed by atoms with E-state index in [1.54, 1.807) is 6.20 Å². The average molecular weight is 335 g/mol. The van der Waals surface area contributed by atoms with Gasteiger partial charge in [0.1, 0.15) is 6.10 Å². The Balaban J connectivity index is 1.82. The van der Waals surface area contributed by atoms with Crippen molar-refractivity contribution in [2.75, 3.05) is 0 Å². The molecule has 0 amide bonds. The van der Waals surface area contributed by atoms with E-state index in [9.17, 15) is 5.11 Å². The molecule has 1 aliphatic carbocycles. The number of rotatable bonds is 4. The van der Waals surface area contributed by atoms with E-state index < -0.39 is 6.10 Å². The molecule has 106 valence electrons. The molecule has 0 radical (unpaired) electrons. The van der Waals surface area contributed by atoms with Crippen LogP contribution in [-0.2, 0) is 0 Å². The zero-order valence-electron chi connectivity index (χ0n) is 11.7. The highest BCUT2D eigenvalue weighted by Gasteiger charge is 2.45. The predicted octanol–water partition coefficient (Wildman–Crippen LogP) is 4.06. The van der Waals surface area contributed by atoms with Crippen LogP contribution in [0, 0.1) is 5.92 Å². The van der Waals surface area contributed by atoms with Gasteiger partial charge in [-0.1, -0.05) is 30.3 Å². The van der Waals surface area contributed by atoms with E-state index in [1.165, 1.54) is 5.56 Å². The minimum absolute atomic E-state index is 0.250. The Morgan fingerprint density at radius 1 is 1.30 bits per heavy atom. The van der Waals surface area contributed by atoms with Crippen LogP contribution in [0.4, 0.5) is 0 Å². The van der Waals surface area contributed by atoms with Crippen molar-refractivity contribution in [3.63, 3.8) is 0 Å². The second kappa shape index (κ2) is 5.34. The minimum Gasteiger partial charge on any atom is -0.386 e. The number of aliphatic hydroxyl groups excluding tert-OH is 1. The maximum Gasteiger partial charge on any atom is 0.100 e. The van der Waals surface area contributed by atoms with Gasteiger partial charge in [0.05, 0.1) is 16.4 Å². The van der Waals surface area contributed by atoms with Crippen LogP contribution in [0.25, 0.3) is 0 Å². The normalized spacial score (nSPS) is 23.1. The molecule has 1 heterocycles. The zero-order valence-corrected chi connectivity index (χ0v) is 13.3. The molecule has 4 heteroatoms. The Hall–Kier alpha value is -1.13. The van der Waals surface area contributed by atoms with Crippen LogP contribution >= 0.6 is 15.9 Å². The van der Waals surface area contributed by atoms with Crippen LogP contribution in [-0.4, -0.2) is 14.9 Å². The summed E-state index contributed by atoms with van der Waals surface area (Å²) in [5.74, 6) is 0.761. The molecular formula is C16H19BrN2O. The molecule has 3 nitrogen and oxygen atoms in total. The molecule has 3 atom stereocenters. The second-order valence-electron chi connectivity index (χ2n) is 5.78. The molecule has 1 aromatic carbocycles. The molecule has 1 aliphatic rings. The lowest BCUT2D eigenvalue weighted by Gasteiger charge is -2.17. The van der Waals surface area contributed by atoms with Crippen molar-refractivity contribution >= 4 is 15.9 Å². The monoisotopic (exact) mass is 334 g/mol. The molecule has 1 N–H and O–H groups in total. The van der Waals surface area contributed by atoms with Gasteiger partial charge in [-0.2, -0.15) is 5.10 Å². The molecule has 1 saturated carbocycles. The van der Waals surface area contributed by atoms with Crippen molar-refractivity contribution in [3.8, 4) is 0 Å². The molecule has 1 fully saturated rings. The van der Waals surface area contributed by atoms with Crippen LogP contribution in [0.15, 0.2) is 41.0 Å². The molecule has 3 rings (SSSR count). The molecule has 2 aromatic rings. The molecule has 20 heavy (non-hydrogen) atoms. The van der Waals surface area contributed by atoms with Crippen molar-refractivity contribution in [1.82, 2.24) is 9.78 Å². The van der Waals surface area contributed by atoms with Crippen molar-refractivity contribution in [2.24, 2.45) is 5.92 Å². The third kappa shape index (κ3) is 2.42. The zero-order chi connectivity index (χ0) is 14.3. The molecule has 0 aliphatic heterocycles. The van der Waals surface area contributed by atoms with E-state index in [0.29, 0.717) is 11.8 Å². The fraction of sp³-hybridized carbons (Fsp3) is 0.438. The van der Waals surface area contributed by atoms with E-state index >= 15 is 0 Å². The third-order valence-corrected chi connectivity index (χ3v) is 4.64. The van der Waals surface area contributed by atoms with Gasteiger partial charge in [-0.25, -0.2) is 0 Å². The van der Waals surface area contributed by atoms with Crippen molar-refractivity contribution in [2.45, 2.75) is 38.3 Å². The quantitative estimate of drug-likeness (QED) is 0.915. The predicted molar refractivity (Wildman–Crippen MR) is 82.6 cm³/mol. The Morgan fingerprint density at radius 3 is 2.65 bits per heavy atom. The van der Waals surface area contributed by atoms with Crippen LogP contribution in [0.1, 0.15) is 49.6 Å². The van der Waals surface area contributed by atoms with E-state index in [0.717, 1.165) is 16.6 Å². The number of halogens is 1. The Bertz CT molecular complexity index is 594. The summed E-state index contributed by atoms with van der Waals surface area (Å²) >= 11 is 3.51. The van der Waals surface area contributed by atoms with Gasteiger partial charge in [-0.05, 0) is 53.6 Å². The molecular weight excluding hydrogens is 316 g/mol. The van der Waals surface area contributed by atoms with Gasteiger partial charge < -0.3 is 5.11 Å². The van der Waals surface area contributed by atoms with Gasteiger partial charge in [0.15, 0.2) is 0 Å². The van der Waals surface area contributed by atoms with Gasteiger partial charge >= 0.3 is 0 Å². The lowest BCUT2D eigenvalue weighted by atomic mass is 10.0. The molecule has 0 bridgehead atoms. The minimum atomic E-state index is -0.459. The van der Waals surface area contributed by atoms with Crippen LogP contribution < -0.4 is 0 Å². The topological polar surface area (TPSA) is 38.0 Å². The average Bonchev–Trinajstić information content (AvgIpc) is 3.15. The van der Waals surface area contributed by atoms with Crippen molar-refractivity contribution < 1.29 is 5.11 Å². The van der Waals surface area contributed by atoms with Crippen molar-refractivity contribution in [1.29, 1.82) is 0 Å². The molecule has 0 spiro atoms. The summed E-state index contributed by atoms with van der Waals surface area (Å²) in [6.45, 7) is 4.16. The van der Waals surface area contributed by atoms with Crippen LogP contribution in [0.5, 0.6) is 0 Å². The van der Waals surface area contributed by atoms with E-state index in [1.807, 2.05) is 10.7 Å². The maximum atomic E-state index is 10.7. The SMILES string of the molecule is CC(C)n1ncc(Br)c1C(O)C1CC1c1ccccc1. The highest BCUT2D eigenvalue weighted by molar-refractivity contribution is 9.10. The van der Waals surface area contributed by atoms with Crippen LogP contribution in [0.2, 0.25) is 0 Å². The number of aromatic nitrogens is 2. The van der Waals surface area contributed by atoms with E-state index in [-0.39, 0.29) is 6.04 Å². The summed E-state index contributed by atoms with van der Waals surface area (Å²) in [6.07, 6.45) is 2.36. The smallest absolute Gasteiger partial charge is 0.100 e. The van der Waals surface area contributed by atoms with Crippen LogP contribution in [0.3, 0.4) is 0 Å². The summed E-state index contributed by atoms with van der Waals surface area (Å²) < 4.78 is 2.81. The fourth-order valence-corrected chi connectivity index (χ4v) is 3.40. The van der Waals surface area contributed by atoms with Gasteiger partial charge in [0.2, 0.25) is 0 Å². The summed E-state index contributed by atoms with van der Waals surface area (Å²) in [4.78, 5) is 0. The highest BCUT2D eigenvalue weighted by Crippen LogP contribution is 2.54. The largest absolute Gasteiger partial charge is 0.386 e. The summed E-state index contributed by atoms with van der Waals surface area (Å²) in [5, 5.41) is 15.1. The van der Waals surface area contributed by atoms with E-state index in [4.69, 9.17) is 0 Å².